The van der Waals surface area contributed by atoms with Crippen molar-refractivity contribution in [1.82, 2.24) is 9.88 Å². The number of piperazine rings is 1. The molecule has 0 saturated carbocycles. The minimum Gasteiger partial charge on any atom is -0.360 e. The molecule has 0 spiro atoms. The maximum atomic E-state index is 13.5. The summed E-state index contributed by atoms with van der Waals surface area (Å²) in [5, 5.41) is 2.18. The summed E-state index contributed by atoms with van der Waals surface area (Å²) in [6.07, 6.45) is 1.76. The van der Waals surface area contributed by atoms with Gasteiger partial charge in [0.1, 0.15) is 0 Å². The molecule has 6 heteroatoms. The Hall–Kier alpha value is -3.08. The Kier molecular flexibility index (Phi) is 5.96. The third-order valence-corrected chi connectivity index (χ3v) is 6.74. The molecule has 0 N–H and O–H groups in total. The number of rotatable bonds is 3. The van der Waals surface area contributed by atoms with Crippen molar-refractivity contribution in [3.63, 3.8) is 0 Å². The number of aryl methyl sites for hydroxylation is 1. The van der Waals surface area contributed by atoms with Gasteiger partial charge in [0.2, 0.25) is 0 Å². The van der Waals surface area contributed by atoms with Gasteiger partial charge >= 0.3 is 0 Å². The predicted molar refractivity (Wildman–Crippen MR) is 135 cm³/mol. The fourth-order valence-corrected chi connectivity index (χ4v) is 4.95. The molecule has 0 radical (unpaired) electrons. The lowest BCUT2D eigenvalue weighted by molar-refractivity contribution is 0.0722. The largest absolute Gasteiger partial charge is 0.360 e. The van der Waals surface area contributed by atoms with Crippen LogP contribution in [0.1, 0.15) is 27.5 Å². The van der Waals surface area contributed by atoms with Gasteiger partial charge in [-0.05, 0) is 55.0 Å². The molecule has 1 aromatic heterocycles. The van der Waals surface area contributed by atoms with Crippen LogP contribution in [-0.2, 0) is 0 Å². The van der Waals surface area contributed by atoms with Gasteiger partial charge in [-0.2, -0.15) is 0 Å². The number of amides is 1. The molecule has 0 aliphatic carbocycles. The first kappa shape index (κ1) is 21.7. The van der Waals surface area contributed by atoms with Gasteiger partial charge in [-0.15, -0.1) is 0 Å². The fraction of sp³-hybridized carbons (Fsp3) is 0.185. The van der Waals surface area contributed by atoms with Crippen molar-refractivity contribution in [2.45, 2.75) is 13.0 Å². The number of pyridine rings is 1. The number of benzene rings is 3. The molecule has 1 aliphatic heterocycles. The molecule has 1 amide bonds. The molecule has 0 unspecified atom stereocenters. The smallest absolute Gasteiger partial charge is 0.254 e. The molecule has 5 rings (SSSR count). The summed E-state index contributed by atoms with van der Waals surface area (Å²) < 4.78 is 0. The Morgan fingerprint density at radius 1 is 0.970 bits per heavy atom. The molecule has 166 valence electrons. The Labute approximate surface area is 203 Å². The SMILES string of the molecule is Cc1ccc([C@@H]2CN(C(=O)c3ccc4ncccc4c3)CCN2c2ccc(Cl)cc2Cl)cc1. The van der Waals surface area contributed by atoms with Crippen molar-refractivity contribution in [3.05, 3.63) is 106 Å². The molecule has 3 aromatic carbocycles. The molecule has 4 aromatic rings. The zero-order valence-electron chi connectivity index (χ0n) is 18.2. The van der Waals surface area contributed by atoms with E-state index in [9.17, 15) is 4.79 Å². The molecule has 1 saturated heterocycles. The molecule has 33 heavy (non-hydrogen) atoms. The molecule has 1 atom stereocenters. The quantitative estimate of drug-likeness (QED) is 0.336. The minimum absolute atomic E-state index is 0.0240. The molecule has 1 fully saturated rings. The first-order chi connectivity index (χ1) is 16.0. The summed E-state index contributed by atoms with van der Waals surface area (Å²) in [5.74, 6) is 0.0275. The van der Waals surface area contributed by atoms with E-state index in [4.69, 9.17) is 23.2 Å². The van der Waals surface area contributed by atoms with E-state index in [0.717, 1.165) is 22.2 Å². The number of carbonyl (C=O) groups excluding carboxylic acids is 1. The standard InChI is InChI=1S/C27H23Cl2N3O/c1-18-4-6-19(7-5-18)26-17-31(13-14-32(26)25-11-9-22(28)16-23(25)29)27(33)21-8-10-24-20(15-21)3-2-12-30-24/h2-12,15-16,26H,13-14,17H2,1H3/t26-/m0/s1. The van der Waals surface area contributed by atoms with Crippen LogP contribution in [0.25, 0.3) is 10.9 Å². The Balaban J connectivity index is 1.48. The molecule has 0 bridgehead atoms. The number of nitrogens with zero attached hydrogens (tertiary/aromatic N) is 3. The summed E-state index contributed by atoms with van der Waals surface area (Å²) >= 11 is 12.7. The van der Waals surface area contributed by atoms with Crippen LogP contribution in [0.2, 0.25) is 10.0 Å². The van der Waals surface area contributed by atoms with E-state index in [1.807, 2.05) is 47.4 Å². The van der Waals surface area contributed by atoms with E-state index in [0.29, 0.717) is 35.2 Å². The predicted octanol–water partition coefficient (Wildman–Crippen LogP) is 6.55. The van der Waals surface area contributed by atoms with Gasteiger partial charge in [-0.1, -0.05) is 59.1 Å². The van der Waals surface area contributed by atoms with Crippen LogP contribution in [0.3, 0.4) is 0 Å². The van der Waals surface area contributed by atoms with Crippen LogP contribution in [-0.4, -0.2) is 35.4 Å². The Morgan fingerprint density at radius 2 is 1.79 bits per heavy atom. The van der Waals surface area contributed by atoms with Crippen molar-refractivity contribution in [1.29, 1.82) is 0 Å². The first-order valence-corrected chi connectivity index (χ1v) is 11.7. The maximum absolute atomic E-state index is 13.5. The van der Waals surface area contributed by atoms with Crippen LogP contribution >= 0.6 is 23.2 Å². The van der Waals surface area contributed by atoms with Gasteiger partial charge in [0.15, 0.2) is 0 Å². The summed E-state index contributed by atoms with van der Waals surface area (Å²) in [5.41, 5.74) is 4.83. The average Bonchev–Trinajstić information content (AvgIpc) is 2.84. The van der Waals surface area contributed by atoms with Crippen molar-refractivity contribution in [3.8, 4) is 0 Å². The van der Waals surface area contributed by atoms with E-state index < -0.39 is 0 Å². The topological polar surface area (TPSA) is 36.4 Å². The highest BCUT2D eigenvalue weighted by Gasteiger charge is 2.32. The van der Waals surface area contributed by atoms with Gasteiger partial charge in [-0.3, -0.25) is 9.78 Å². The average molecular weight is 476 g/mol. The van der Waals surface area contributed by atoms with E-state index in [2.05, 4.69) is 41.1 Å². The molecule has 4 nitrogen and oxygen atoms in total. The lowest BCUT2D eigenvalue weighted by atomic mass is 9.99. The van der Waals surface area contributed by atoms with Gasteiger partial charge in [0, 0.05) is 41.8 Å². The third-order valence-electron chi connectivity index (χ3n) is 6.20. The van der Waals surface area contributed by atoms with E-state index in [-0.39, 0.29) is 11.9 Å². The zero-order chi connectivity index (χ0) is 22.9. The summed E-state index contributed by atoms with van der Waals surface area (Å²) in [6.45, 7) is 3.90. The van der Waals surface area contributed by atoms with Crippen LogP contribution in [0.5, 0.6) is 0 Å². The van der Waals surface area contributed by atoms with E-state index >= 15 is 0 Å². The second-order valence-corrected chi connectivity index (χ2v) is 9.22. The Morgan fingerprint density at radius 3 is 2.58 bits per heavy atom. The van der Waals surface area contributed by atoms with Crippen molar-refractivity contribution in [2.24, 2.45) is 0 Å². The van der Waals surface area contributed by atoms with Crippen LogP contribution in [0.4, 0.5) is 5.69 Å². The van der Waals surface area contributed by atoms with E-state index in [1.54, 1.807) is 12.3 Å². The van der Waals surface area contributed by atoms with Gasteiger partial charge < -0.3 is 9.80 Å². The fourth-order valence-electron chi connectivity index (χ4n) is 4.44. The number of hydrogen-bond donors (Lipinski definition) is 0. The van der Waals surface area contributed by atoms with Crippen molar-refractivity contribution < 1.29 is 4.79 Å². The number of halogens is 2. The summed E-state index contributed by atoms with van der Waals surface area (Å²) in [7, 11) is 0. The van der Waals surface area contributed by atoms with Gasteiger partial charge in [0.25, 0.3) is 5.91 Å². The van der Waals surface area contributed by atoms with Gasteiger partial charge in [-0.25, -0.2) is 0 Å². The first-order valence-electron chi connectivity index (χ1n) is 10.9. The van der Waals surface area contributed by atoms with Gasteiger partial charge in [0.05, 0.1) is 22.3 Å². The maximum Gasteiger partial charge on any atom is 0.254 e. The summed E-state index contributed by atoms with van der Waals surface area (Å²) in [4.78, 5) is 22.0. The van der Waals surface area contributed by atoms with Crippen LogP contribution in [0.15, 0.2) is 79.0 Å². The highest BCUT2D eigenvalue weighted by atomic mass is 35.5. The minimum atomic E-state index is -0.0240. The monoisotopic (exact) mass is 475 g/mol. The lowest BCUT2D eigenvalue weighted by Crippen LogP contribution is -2.50. The molecular weight excluding hydrogens is 453 g/mol. The zero-order valence-corrected chi connectivity index (χ0v) is 19.7. The van der Waals surface area contributed by atoms with Crippen molar-refractivity contribution in [2.75, 3.05) is 24.5 Å². The molecule has 2 heterocycles. The highest BCUT2D eigenvalue weighted by molar-refractivity contribution is 6.36. The number of carbonyl (C=O) groups is 1. The van der Waals surface area contributed by atoms with Crippen molar-refractivity contribution >= 4 is 45.7 Å². The third kappa shape index (κ3) is 4.41. The lowest BCUT2D eigenvalue weighted by Gasteiger charge is -2.43. The molecule has 1 aliphatic rings. The van der Waals surface area contributed by atoms with Crippen LogP contribution in [0, 0.1) is 6.92 Å². The number of anilines is 1. The summed E-state index contributed by atoms with van der Waals surface area (Å²) in [6, 6.07) is 23.6. The second kappa shape index (κ2) is 9.05. The highest BCUT2D eigenvalue weighted by Crippen LogP contribution is 2.37. The Bertz CT molecular complexity index is 1320. The number of fused-ring (bicyclic) bond motifs is 1. The second-order valence-electron chi connectivity index (χ2n) is 8.38. The van der Waals surface area contributed by atoms with Crippen LogP contribution < -0.4 is 4.90 Å². The number of hydrogen-bond acceptors (Lipinski definition) is 3. The number of aromatic nitrogens is 1. The van der Waals surface area contributed by atoms with E-state index in [1.165, 1.54) is 5.56 Å². The molecular formula is C27H23Cl2N3O. The normalized spacial score (nSPS) is 16.3.